The fourth-order valence-corrected chi connectivity index (χ4v) is 2.17. The molecule has 102 valence electrons. The molecule has 0 aliphatic rings. The second-order valence-corrected chi connectivity index (χ2v) is 4.66. The Morgan fingerprint density at radius 2 is 2.05 bits per heavy atom. The van der Waals surface area contributed by atoms with Crippen LogP contribution < -0.4 is 10.5 Å². The van der Waals surface area contributed by atoms with Gasteiger partial charge in [-0.3, -0.25) is 0 Å². The van der Waals surface area contributed by atoms with Gasteiger partial charge in [0.25, 0.3) is 0 Å². The van der Waals surface area contributed by atoms with Crippen LogP contribution in [0.1, 0.15) is 23.1 Å². The molecule has 0 aliphatic heterocycles. The summed E-state index contributed by atoms with van der Waals surface area (Å²) < 4.78 is 7.40. The largest absolute Gasteiger partial charge is 0.481 e. The highest BCUT2D eigenvalue weighted by Gasteiger charge is 2.11. The van der Waals surface area contributed by atoms with Gasteiger partial charge in [0.1, 0.15) is 0 Å². The van der Waals surface area contributed by atoms with Gasteiger partial charge in [0.05, 0.1) is 19.9 Å². The van der Waals surface area contributed by atoms with E-state index in [9.17, 15) is 0 Å². The third-order valence-corrected chi connectivity index (χ3v) is 3.29. The molecule has 1 aromatic carbocycles. The Hall–Kier alpha value is -1.81. The molecule has 1 aromatic heterocycles. The molecule has 2 aromatic rings. The predicted octanol–water partition coefficient (Wildman–Crippen LogP) is 2.14. The highest BCUT2D eigenvalue weighted by atomic mass is 16.5. The standard InChI is InChI=1S/C15H21N3O/c1-12-6-3-4-7-14(12)11-18-15(19-2)13(10-17-18)8-5-9-16/h3-4,6-7,10H,5,8-9,11,16H2,1-2H3. The molecule has 0 radical (unpaired) electrons. The van der Waals surface area contributed by atoms with Crippen molar-refractivity contribution in [2.45, 2.75) is 26.3 Å². The van der Waals surface area contributed by atoms with Crippen LogP contribution in [0, 0.1) is 6.92 Å². The summed E-state index contributed by atoms with van der Waals surface area (Å²) in [4.78, 5) is 0. The molecule has 0 bridgehead atoms. The van der Waals surface area contributed by atoms with Crippen molar-refractivity contribution in [3.8, 4) is 5.88 Å². The van der Waals surface area contributed by atoms with Gasteiger partial charge in [0.2, 0.25) is 5.88 Å². The third kappa shape index (κ3) is 3.15. The van der Waals surface area contributed by atoms with Crippen LogP contribution in [0.4, 0.5) is 0 Å². The highest BCUT2D eigenvalue weighted by Crippen LogP contribution is 2.21. The fraction of sp³-hybridized carbons (Fsp3) is 0.400. The zero-order valence-corrected chi connectivity index (χ0v) is 11.6. The van der Waals surface area contributed by atoms with Gasteiger partial charge in [-0.2, -0.15) is 5.10 Å². The quantitative estimate of drug-likeness (QED) is 0.864. The number of hydrogen-bond donors (Lipinski definition) is 1. The summed E-state index contributed by atoms with van der Waals surface area (Å²) in [5.74, 6) is 0.844. The highest BCUT2D eigenvalue weighted by molar-refractivity contribution is 5.29. The average molecular weight is 259 g/mol. The molecule has 0 atom stereocenters. The Labute approximate surface area is 114 Å². The molecule has 0 saturated carbocycles. The molecule has 1 heterocycles. The smallest absolute Gasteiger partial charge is 0.215 e. The van der Waals surface area contributed by atoms with E-state index >= 15 is 0 Å². The summed E-state index contributed by atoms with van der Waals surface area (Å²) in [6.45, 7) is 3.53. The summed E-state index contributed by atoms with van der Waals surface area (Å²) in [7, 11) is 1.69. The van der Waals surface area contributed by atoms with E-state index in [1.54, 1.807) is 7.11 Å². The first-order valence-corrected chi connectivity index (χ1v) is 6.59. The summed E-state index contributed by atoms with van der Waals surface area (Å²) >= 11 is 0. The van der Waals surface area contributed by atoms with Gasteiger partial charge in [-0.1, -0.05) is 24.3 Å². The molecule has 19 heavy (non-hydrogen) atoms. The average Bonchev–Trinajstić information content (AvgIpc) is 2.81. The molecule has 2 N–H and O–H groups in total. The van der Waals surface area contributed by atoms with Gasteiger partial charge in [-0.05, 0) is 37.4 Å². The second kappa shape index (κ2) is 6.38. The van der Waals surface area contributed by atoms with Crippen LogP contribution in [-0.4, -0.2) is 23.4 Å². The van der Waals surface area contributed by atoms with Gasteiger partial charge in [-0.15, -0.1) is 0 Å². The third-order valence-electron chi connectivity index (χ3n) is 3.29. The zero-order valence-electron chi connectivity index (χ0n) is 11.6. The first-order chi connectivity index (χ1) is 9.26. The minimum Gasteiger partial charge on any atom is -0.481 e. The number of hydrogen-bond acceptors (Lipinski definition) is 3. The van der Waals surface area contributed by atoms with Crippen molar-refractivity contribution in [2.75, 3.05) is 13.7 Å². The minimum atomic E-state index is 0.687. The van der Waals surface area contributed by atoms with Gasteiger partial charge < -0.3 is 10.5 Å². The Morgan fingerprint density at radius 3 is 2.74 bits per heavy atom. The maximum absolute atomic E-state index is 5.55. The molecule has 0 amide bonds. The van der Waals surface area contributed by atoms with E-state index in [2.05, 4.69) is 24.2 Å². The van der Waals surface area contributed by atoms with Gasteiger partial charge in [-0.25, -0.2) is 4.68 Å². The SMILES string of the molecule is COc1c(CCCN)cnn1Cc1ccccc1C. The Bertz CT molecular complexity index is 534. The van der Waals surface area contributed by atoms with Crippen LogP contribution in [0.3, 0.4) is 0 Å². The monoisotopic (exact) mass is 259 g/mol. The molecule has 0 aliphatic carbocycles. The molecule has 0 unspecified atom stereocenters. The molecule has 4 nitrogen and oxygen atoms in total. The Balaban J connectivity index is 2.21. The lowest BCUT2D eigenvalue weighted by molar-refractivity contribution is 0.362. The van der Waals surface area contributed by atoms with Crippen molar-refractivity contribution in [3.63, 3.8) is 0 Å². The number of aromatic nitrogens is 2. The van der Waals surface area contributed by atoms with E-state index in [1.807, 2.05) is 23.0 Å². The van der Waals surface area contributed by atoms with Crippen molar-refractivity contribution in [2.24, 2.45) is 5.73 Å². The normalized spacial score (nSPS) is 10.7. The molecular weight excluding hydrogens is 238 g/mol. The molecular formula is C15H21N3O. The first kappa shape index (κ1) is 13.6. The lowest BCUT2D eigenvalue weighted by Crippen LogP contribution is -2.06. The van der Waals surface area contributed by atoms with Crippen molar-refractivity contribution in [1.29, 1.82) is 0 Å². The Kier molecular flexibility index (Phi) is 4.58. The second-order valence-electron chi connectivity index (χ2n) is 4.66. The predicted molar refractivity (Wildman–Crippen MR) is 76.4 cm³/mol. The summed E-state index contributed by atoms with van der Waals surface area (Å²) in [5.41, 5.74) is 9.20. The molecule has 0 fully saturated rings. The molecule has 4 heteroatoms. The summed E-state index contributed by atoms with van der Waals surface area (Å²) in [6, 6.07) is 8.33. The molecule has 2 rings (SSSR count). The van der Waals surface area contributed by atoms with Crippen LogP contribution >= 0.6 is 0 Å². The number of rotatable bonds is 6. The number of nitrogens with two attached hydrogens (primary N) is 1. The van der Waals surface area contributed by atoms with E-state index in [0.29, 0.717) is 6.54 Å². The number of aryl methyl sites for hydroxylation is 2. The van der Waals surface area contributed by atoms with Crippen molar-refractivity contribution < 1.29 is 4.74 Å². The van der Waals surface area contributed by atoms with Crippen LogP contribution in [-0.2, 0) is 13.0 Å². The van der Waals surface area contributed by atoms with E-state index in [0.717, 1.165) is 30.8 Å². The number of ether oxygens (including phenoxy) is 1. The van der Waals surface area contributed by atoms with Crippen LogP contribution in [0.15, 0.2) is 30.5 Å². The topological polar surface area (TPSA) is 53.1 Å². The minimum absolute atomic E-state index is 0.687. The van der Waals surface area contributed by atoms with Gasteiger partial charge in [0.15, 0.2) is 0 Å². The van der Waals surface area contributed by atoms with Gasteiger partial charge >= 0.3 is 0 Å². The lowest BCUT2D eigenvalue weighted by Gasteiger charge is -2.10. The summed E-state index contributed by atoms with van der Waals surface area (Å²) in [6.07, 6.45) is 3.74. The van der Waals surface area contributed by atoms with Crippen molar-refractivity contribution >= 4 is 0 Å². The van der Waals surface area contributed by atoms with E-state index in [1.165, 1.54) is 11.1 Å². The summed E-state index contributed by atoms with van der Waals surface area (Å²) in [5, 5.41) is 4.43. The molecule has 0 saturated heterocycles. The van der Waals surface area contributed by atoms with E-state index in [4.69, 9.17) is 10.5 Å². The zero-order chi connectivity index (χ0) is 13.7. The molecule has 0 spiro atoms. The fourth-order valence-electron chi connectivity index (χ4n) is 2.17. The van der Waals surface area contributed by atoms with Crippen molar-refractivity contribution in [3.05, 3.63) is 47.2 Å². The van der Waals surface area contributed by atoms with Crippen molar-refractivity contribution in [1.82, 2.24) is 9.78 Å². The Morgan fingerprint density at radius 1 is 1.26 bits per heavy atom. The van der Waals surface area contributed by atoms with Gasteiger partial charge in [0, 0.05) is 5.56 Å². The number of methoxy groups -OCH3 is 1. The van der Waals surface area contributed by atoms with E-state index in [-0.39, 0.29) is 0 Å². The maximum atomic E-state index is 5.55. The van der Waals surface area contributed by atoms with Crippen LogP contribution in [0.2, 0.25) is 0 Å². The van der Waals surface area contributed by atoms with Crippen LogP contribution in [0.5, 0.6) is 5.88 Å². The number of benzene rings is 1. The first-order valence-electron chi connectivity index (χ1n) is 6.59. The van der Waals surface area contributed by atoms with Crippen LogP contribution in [0.25, 0.3) is 0 Å². The van der Waals surface area contributed by atoms with E-state index < -0.39 is 0 Å². The lowest BCUT2D eigenvalue weighted by atomic mass is 10.1. The maximum Gasteiger partial charge on any atom is 0.215 e. The number of nitrogens with zero attached hydrogens (tertiary/aromatic N) is 2.